The van der Waals surface area contributed by atoms with E-state index >= 15 is 0 Å². The number of hydrogen-bond acceptors (Lipinski definition) is 2. The van der Waals surface area contributed by atoms with E-state index in [0.717, 1.165) is 12.1 Å². The van der Waals surface area contributed by atoms with Crippen LogP contribution in [0.4, 0.5) is 0 Å². The molecule has 1 atom stereocenters. The van der Waals surface area contributed by atoms with Crippen LogP contribution in [0.15, 0.2) is 114 Å². The Balaban J connectivity index is 0.000000253. The van der Waals surface area contributed by atoms with Crippen LogP contribution < -0.4 is 5.43 Å². The normalized spacial score (nSPS) is 14.1. The zero-order chi connectivity index (χ0) is 17.2. The molecule has 0 saturated heterocycles. The van der Waals surface area contributed by atoms with Gasteiger partial charge in [0, 0.05) is 6.04 Å². The van der Waals surface area contributed by atoms with Crippen LogP contribution in [0.3, 0.4) is 0 Å². The standard InChI is InChI=1S/C13H12N2.2C5H5.2Fe/c1-2-6-10(5-1)12-9-13(15-14-12)11-7-3-4-8-11;2*1-2-4-5-3-1;;/h1-8,12,14H,9H2;2*1-5H;;/q-2;2*-1;2*+2. The summed E-state index contributed by atoms with van der Waals surface area (Å²) in [7, 11) is 0. The molecule has 4 heteroatoms. The molecule has 2 nitrogen and oxygen atoms in total. The van der Waals surface area contributed by atoms with Crippen LogP contribution in [0, 0.1) is 0 Å². The molecule has 0 fully saturated rings. The second-order valence-electron chi connectivity index (χ2n) is 5.76. The van der Waals surface area contributed by atoms with Gasteiger partial charge in [-0.15, -0.1) is 17.2 Å². The van der Waals surface area contributed by atoms with Crippen molar-refractivity contribution in [3.63, 3.8) is 0 Å². The molecule has 1 aliphatic rings. The first-order valence-corrected chi connectivity index (χ1v) is 8.52. The second-order valence-corrected chi connectivity index (χ2v) is 5.76. The Morgan fingerprint density at radius 3 is 1.78 bits per heavy atom. The average Bonchev–Trinajstić information content (AvgIpc) is 3.51. The largest absolute Gasteiger partial charge is 2.00 e. The Labute approximate surface area is 182 Å². The maximum atomic E-state index is 4.38. The van der Waals surface area contributed by atoms with Crippen LogP contribution in [0.5, 0.6) is 0 Å². The molecule has 1 heterocycles. The zero-order valence-corrected chi connectivity index (χ0v) is 17.0. The summed E-state index contributed by atoms with van der Waals surface area (Å²) in [5.41, 5.74) is 6.90. The molecule has 0 bridgehead atoms. The summed E-state index contributed by atoms with van der Waals surface area (Å²) in [6.07, 6.45) is 0.980. The second kappa shape index (κ2) is 13.1. The van der Waals surface area contributed by atoms with Gasteiger partial charge in [-0.05, 0) is 12.1 Å². The summed E-state index contributed by atoms with van der Waals surface area (Å²) in [6.45, 7) is 0. The third-order valence-electron chi connectivity index (χ3n) is 3.95. The first kappa shape index (κ1) is 22.9. The molecule has 0 amide bonds. The van der Waals surface area contributed by atoms with Crippen LogP contribution in [0.1, 0.15) is 23.6 Å². The summed E-state index contributed by atoms with van der Waals surface area (Å²) in [5.74, 6) is 0. The van der Waals surface area contributed by atoms with E-state index in [9.17, 15) is 0 Å². The van der Waals surface area contributed by atoms with Gasteiger partial charge in [0.1, 0.15) is 0 Å². The fraction of sp³-hybridized carbons (Fsp3) is 0.0870. The minimum Gasteiger partial charge on any atom is -0.314 e. The zero-order valence-electron chi connectivity index (χ0n) is 14.8. The number of rotatable bonds is 2. The molecule has 4 aromatic carbocycles. The molecule has 0 radical (unpaired) electrons. The summed E-state index contributed by atoms with van der Waals surface area (Å²) < 4.78 is 0. The summed E-state index contributed by atoms with van der Waals surface area (Å²) in [4.78, 5) is 0. The molecule has 1 N–H and O–H groups in total. The van der Waals surface area contributed by atoms with E-state index in [4.69, 9.17) is 0 Å². The van der Waals surface area contributed by atoms with Crippen molar-refractivity contribution in [1.82, 2.24) is 5.43 Å². The first-order valence-electron chi connectivity index (χ1n) is 8.52. The maximum absolute atomic E-state index is 4.38. The smallest absolute Gasteiger partial charge is 0.314 e. The molecule has 4 aromatic rings. The van der Waals surface area contributed by atoms with Crippen molar-refractivity contribution < 1.29 is 34.1 Å². The molecule has 1 aliphatic heterocycles. The van der Waals surface area contributed by atoms with E-state index in [2.05, 4.69) is 46.9 Å². The summed E-state index contributed by atoms with van der Waals surface area (Å²) in [5, 5.41) is 4.38. The maximum Gasteiger partial charge on any atom is 2.00 e. The van der Waals surface area contributed by atoms with Crippen LogP contribution in [0.2, 0.25) is 0 Å². The molecule has 140 valence electrons. The van der Waals surface area contributed by atoms with Gasteiger partial charge in [0.2, 0.25) is 0 Å². The van der Waals surface area contributed by atoms with Gasteiger partial charge in [-0.2, -0.15) is 66.7 Å². The van der Waals surface area contributed by atoms with Crippen molar-refractivity contribution in [2.24, 2.45) is 5.10 Å². The van der Waals surface area contributed by atoms with Gasteiger partial charge in [-0.25, -0.2) is 41.5 Å². The topological polar surface area (TPSA) is 24.4 Å². The molecule has 5 rings (SSSR count). The van der Waals surface area contributed by atoms with Crippen molar-refractivity contribution in [1.29, 1.82) is 0 Å². The Bertz CT molecular complexity index is 735. The van der Waals surface area contributed by atoms with Crippen molar-refractivity contribution in [3.05, 3.63) is 120 Å². The van der Waals surface area contributed by atoms with Crippen molar-refractivity contribution in [3.8, 4) is 0 Å². The van der Waals surface area contributed by atoms with E-state index in [0.29, 0.717) is 6.04 Å². The number of hydrazone groups is 1. The third-order valence-corrected chi connectivity index (χ3v) is 3.95. The van der Waals surface area contributed by atoms with E-state index in [1.807, 2.05) is 72.8 Å². The number of nitrogens with one attached hydrogen (secondary N) is 1. The fourth-order valence-electron chi connectivity index (χ4n) is 2.64. The van der Waals surface area contributed by atoms with Gasteiger partial charge in [-0.1, -0.05) is 0 Å². The van der Waals surface area contributed by atoms with Gasteiger partial charge in [-0.3, -0.25) is 0 Å². The van der Waals surface area contributed by atoms with E-state index in [1.54, 1.807) is 0 Å². The monoisotopic (exact) mass is 438 g/mol. The molecule has 0 aromatic heterocycles. The Morgan fingerprint density at radius 1 is 0.741 bits per heavy atom. The minimum absolute atomic E-state index is 0. The van der Waals surface area contributed by atoms with Crippen molar-refractivity contribution in [2.45, 2.75) is 12.5 Å². The molecule has 0 saturated carbocycles. The fourth-order valence-corrected chi connectivity index (χ4v) is 2.64. The average molecular weight is 438 g/mol. The van der Waals surface area contributed by atoms with Crippen LogP contribution in [-0.4, -0.2) is 5.71 Å². The van der Waals surface area contributed by atoms with Crippen LogP contribution in [0.25, 0.3) is 0 Å². The van der Waals surface area contributed by atoms with E-state index in [1.165, 1.54) is 11.1 Å². The minimum atomic E-state index is 0. The molecule has 0 spiro atoms. The quantitative estimate of drug-likeness (QED) is 0.331. The Kier molecular flexibility index (Phi) is 11.2. The summed E-state index contributed by atoms with van der Waals surface area (Å²) >= 11 is 0. The molecule has 1 unspecified atom stereocenters. The van der Waals surface area contributed by atoms with Crippen LogP contribution >= 0.6 is 0 Å². The van der Waals surface area contributed by atoms with Gasteiger partial charge in [0.25, 0.3) is 0 Å². The van der Waals surface area contributed by atoms with Gasteiger partial charge in [0.05, 0.1) is 0 Å². The third kappa shape index (κ3) is 7.58. The predicted octanol–water partition coefficient (Wildman–Crippen LogP) is 5.37. The van der Waals surface area contributed by atoms with Gasteiger partial charge < -0.3 is 5.43 Å². The number of hydrogen-bond donors (Lipinski definition) is 1. The molecular formula is C23H22Fe2N2. The van der Waals surface area contributed by atoms with Gasteiger partial charge in [0.15, 0.2) is 0 Å². The van der Waals surface area contributed by atoms with Crippen molar-refractivity contribution >= 4 is 5.71 Å². The Morgan fingerprint density at radius 2 is 1.33 bits per heavy atom. The summed E-state index contributed by atoms with van der Waals surface area (Å²) in [6, 6.07) is 37.1. The molecule has 0 aliphatic carbocycles. The van der Waals surface area contributed by atoms with E-state index < -0.39 is 0 Å². The Hall–Kier alpha value is -2.09. The first-order chi connectivity index (χ1) is 12.4. The SMILES string of the molecule is [Fe+2].[Fe+2].c1c[cH-]c(C2=NNC(c3ccc[cH-]3)C2)c1.c1cc[cH-]c1.c1cc[cH-]c1. The molecule has 27 heavy (non-hydrogen) atoms. The van der Waals surface area contributed by atoms with Crippen molar-refractivity contribution in [2.75, 3.05) is 0 Å². The molecular weight excluding hydrogens is 416 g/mol. The van der Waals surface area contributed by atoms with Crippen LogP contribution in [-0.2, 0) is 34.1 Å². The number of nitrogens with zero attached hydrogens (tertiary/aromatic N) is 1. The van der Waals surface area contributed by atoms with E-state index in [-0.39, 0.29) is 34.1 Å². The predicted molar refractivity (Wildman–Crippen MR) is 105 cm³/mol. The van der Waals surface area contributed by atoms with Gasteiger partial charge >= 0.3 is 34.1 Å².